The lowest BCUT2D eigenvalue weighted by molar-refractivity contribution is 0.283. The number of rotatable bonds is 3. The molecule has 1 aliphatic heterocycles. The van der Waals surface area contributed by atoms with Crippen LogP contribution in [0.15, 0.2) is 22.7 Å². The minimum atomic E-state index is 0.661. The molecule has 0 N–H and O–H groups in total. The van der Waals surface area contributed by atoms with E-state index in [1.807, 2.05) is 19.1 Å². The second-order valence-electron chi connectivity index (χ2n) is 5.05. The van der Waals surface area contributed by atoms with Crippen molar-refractivity contribution < 1.29 is 4.74 Å². The Hall–Kier alpha value is -0.610. The number of piperidine rings is 1. The Morgan fingerprint density at radius 2 is 2.11 bits per heavy atom. The van der Waals surface area contributed by atoms with Crippen molar-refractivity contribution in [3.63, 3.8) is 0 Å². The molecule has 4 heteroatoms. The van der Waals surface area contributed by atoms with E-state index in [0.29, 0.717) is 6.61 Å². The van der Waals surface area contributed by atoms with Gasteiger partial charge < -0.3 is 9.64 Å². The number of nitrogens with zero attached hydrogens (tertiary/aromatic N) is 1. The van der Waals surface area contributed by atoms with E-state index in [4.69, 9.17) is 17.0 Å². The van der Waals surface area contributed by atoms with Crippen molar-refractivity contribution in [3.8, 4) is 5.75 Å². The highest BCUT2D eigenvalue weighted by atomic mass is 79.9. The van der Waals surface area contributed by atoms with E-state index in [2.05, 4.69) is 33.8 Å². The van der Waals surface area contributed by atoms with Crippen LogP contribution in [0.2, 0.25) is 0 Å². The molecule has 1 saturated heterocycles. The van der Waals surface area contributed by atoms with Gasteiger partial charge in [-0.2, -0.15) is 0 Å². The molecule has 1 aromatic carbocycles. The summed E-state index contributed by atoms with van der Waals surface area (Å²) in [6.45, 7) is 7.08. The van der Waals surface area contributed by atoms with Gasteiger partial charge in [0.2, 0.25) is 0 Å². The van der Waals surface area contributed by atoms with Gasteiger partial charge in [0.25, 0.3) is 0 Å². The van der Waals surface area contributed by atoms with Gasteiger partial charge in [-0.1, -0.05) is 35.1 Å². The van der Waals surface area contributed by atoms with Crippen molar-refractivity contribution in [1.29, 1.82) is 0 Å². The smallest absolute Gasteiger partial charge is 0.129 e. The fourth-order valence-electron chi connectivity index (χ4n) is 2.33. The van der Waals surface area contributed by atoms with Gasteiger partial charge in [0, 0.05) is 17.6 Å². The van der Waals surface area contributed by atoms with E-state index >= 15 is 0 Å². The maximum absolute atomic E-state index is 5.69. The van der Waals surface area contributed by atoms with Crippen molar-refractivity contribution >= 4 is 33.1 Å². The van der Waals surface area contributed by atoms with Crippen LogP contribution in [-0.2, 0) is 0 Å². The quantitative estimate of drug-likeness (QED) is 0.762. The highest BCUT2D eigenvalue weighted by Crippen LogP contribution is 2.27. The molecule has 0 aliphatic carbocycles. The van der Waals surface area contributed by atoms with E-state index in [1.54, 1.807) is 0 Å². The van der Waals surface area contributed by atoms with Gasteiger partial charge in [-0.25, -0.2) is 0 Å². The lowest BCUT2D eigenvalue weighted by Crippen LogP contribution is -2.37. The first-order chi connectivity index (χ1) is 9.11. The van der Waals surface area contributed by atoms with Crippen molar-refractivity contribution in [2.75, 3.05) is 19.7 Å². The summed E-state index contributed by atoms with van der Waals surface area (Å²) in [5.41, 5.74) is 1.03. The second kappa shape index (κ2) is 6.71. The summed E-state index contributed by atoms with van der Waals surface area (Å²) in [6, 6.07) is 6.04. The van der Waals surface area contributed by atoms with E-state index in [0.717, 1.165) is 39.8 Å². The van der Waals surface area contributed by atoms with E-state index in [9.17, 15) is 0 Å². The third-order valence-corrected chi connectivity index (χ3v) is 4.51. The Labute approximate surface area is 129 Å². The largest absolute Gasteiger partial charge is 0.493 e. The topological polar surface area (TPSA) is 12.5 Å². The highest BCUT2D eigenvalue weighted by Gasteiger charge is 2.21. The normalized spacial score (nSPS) is 16.5. The molecule has 19 heavy (non-hydrogen) atoms. The number of halogens is 1. The molecule has 104 valence electrons. The predicted octanol–water partition coefficient (Wildman–Crippen LogP) is 4.26. The third kappa shape index (κ3) is 3.69. The summed E-state index contributed by atoms with van der Waals surface area (Å²) in [4.78, 5) is 3.22. The zero-order valence-corrected chi connectivity index (χ0v) is 13.9. The molecule has 0 amide bonds. The van der Waals surface area contributed by atoms with Gasteiger partial charge in [-0.05, 0) is 43.9 Å². The van der Waals surface area contributed by atoms with Crippen LogP contribution in [0.25, 0.3) is 0 Å². The number of likely N-dealkylation sites (tertiary alicyclic amines) is 1. The van der Waals surface area contributed by atoms with Crippen LogP contribution in [0, 0.1) is 5.92 Å². The molecule has 0 aromatic heterocycles. The summed E-state index contributed by atoms with van der Waals surface area (Å²) in [5.74, 6) is 1.70. The average Bonchev–Trinajstić information content (AvgIpc) is 2.41. The minimum absolute atomic E-state index is 0.661. The molecule has 1 fully saturated rings. The molecule has 0 saturated carbocycles. The Balaban J connectivity index is 2.20. The van der Waals surface area contributed by atoms with Crippen molar-refractivity contribution in [1.82, 2.24) is 4.90 Å². The number of hydrogen-bond acceptors (Lipinski definition) is 2. The van der Waals surface area contributed by atoms with Crippen molar-refractivity contribution in [3.05, 3.63) is 28.2 Å². The molecular formula is C15H20BrNOS. The highest BCUT2D eigenvalue weighted by molar-refractivity contribution is 9.10. The van der Waals surface area contributed by atoms with Gasteiger partial charge in [0.05, 0.1) is 12.2 Å². The first kappa shape index (κ1) is 14.8. The predicted molar refractivity (Wildman–Crippen MR) is 87.0 cm³/mol. The van der Waals surface area contributed by atoms with Gasteiger partial charge in [0.1, 0.15) is 10.7 Å². The van der Waals surface area contributed by atoms with Crippen LogP contribution in [-0.4, -0.2) is 29.6 Å². The number of thiocarbonyl (C=S) groups is 1. The van der Waals surface area contributed by atoms with Crippen LogP contribution in [0.1, 0.15) is 32.3 Å². The van der Waals surface area contributed by atoms with E-state index < -0.39 is 0 Å². The monoisotopic (exact) mass is 341 g/mol. The summed E-state index contributed by atoms with van der Waals surface area (Å²) >= 11 is 9.18. The molecule has 1 aliphatic rings. The van der Waals surface area contributed by atoms with Gasteiger partial charge in [0.15, 0.2) is 0 Å². The molecule has 0 bridgehead atoms. The van der Waals surface area contributed by atoms with Crippen LogP contribution in [0.4, 0.5) is 0 Å². The standard InChI is InChI=1S/C15H20BrNOS/c1-3-18-14-5-4-12(16)10-13(14)15(19)17-8-6-11(2)7-9-17/h4-5,10-11H,3,6-9H2,1-2H3. The first-order valence-corrected chi connectivity index (χ1v) is 8.03. The molecule has 0 spiro atoms. The summed E-state index contributed by atoms with van der Waals surface area (Å²) in [6.07, 6.45) is 2.44. The zero-order valence-electron chi connectivity index (χ0n) is 11.5. The average molecular weight is 342 g/mol. The van der Waals surface area contributed by atoms with E-state index in [1.165, 1.54) is 12.8 Å². The van der Waals surface area contributed by atoms with Crippen LogP contribution in [0.3, 0.4) is 0 Å². The van der Waals surface area contributed by atoms with Crippen molar-refractivity contribution in [2.45, 2.75) is 26.7 Å². The van der Waals surface area contributed by atoms with Crippen LogP contribution < -0.4 is 4.74 Å². The lowest BCUT2D eigenvalue weighted by atomic mass is 9.99. The SMILES string of the molecule is CCOc1ccc(Br)cc1C(=S)N1CCC(C)CC1. The molecule has 1 heterocycles. The van der Waals surface area contributed by atoms with Gasteiger partial charge in [-0.15, -0.1) is 0 Å². The second-order valence-corrected chi connectivity index (χ2v) is 6.35. The molecule has 2 rings (SSSR count). The van der Waals surface area contributed by atoms with Gasteiger partial charge >= 0.3 is 0 Å². The Morgan fingerprint density at radius 3 is 2.74 bits per heavy atom. The molecule has 2 nitrogen and oxygen atoms in total. The summed E-state index contributed by atoms with van der Waals surface area (Å²) in [5, 5.41) is 0. The Kier molecular flexibility index (Phi) is 5.22. The Morgan fingerprint density at radius 1 is 1.42 bits per heavy atom. The maximum Gasteiger partial charge on any atom is 0.129 e. The fraction of sp³-hybridized carbons (Fsp3) is 0.533. The summed E-state index contributed by atoms with van der Waals surface area (Å²) in [7, 11) is 0. The van der Waals surface area contributed by atoms with E-state index in [-0.39, 0.29) is 0 Å². The fourth-order valence-corrected chi connectivity index (χ4v) is 3.04. The van der Waals surface area contributed by atoms with Gasteiger partial charge in [-0.3, -0.25) is 0 Å². The number of ether oxygens (including phenoxy) is 1. The number of benzene rings is 1. The molecule has 1 aromatic rings. The zero-order chi connectivity index (χ0) is 13.8. The lowest BCUT2D eigenvalue weighted by Gasteiger charge is -2.32. The number of hydrogen-bond donors (Lipinski definition) is 0. The molecule has 0 unspecified atom stereocenters. The van der Waals surface area contributed by atoms with Crippen molar-refractivity contribution in [2.24, 2.45) is 5.92 Å². The Bertz CT molecular complexity index is 455. The molecule has 0 radical (unpaired) electrons. The van der Waals surface area contributed by atoms with Crippen LogP contribution >= 0.6 is 28.1 Å². The third-order valence-electron chi connectivity index (χ3n) is 3.54. The minimum Gasteiger partial charge on any atom is -0.493 e. The maximum atomic E-state index is 5.69. The van der Waals surface area contributed by atoms with Crippen LogP contribution in [0.5, 0.6) is 5.75 Å². The molecule has 0 atom stereocenters. The first-order valence-electron chi connectivity index (χ1n) is 6.83. The summed E-state index contributed by atoms with van der Waals surface area (Å²) < 4.78 is 6.73. The molecular weight excluding hydrogens is 322 g/mol.